The Kier molecular flexibility index (Phi) is 2.26. The first-order valence-electron chi connectivity index (χ1n) is 4.66. The van der Waals surface area contributed by atoms with Crippen LogP contribution >= 0.6 is 11.3 Å². The van der Waals surface area contributed by atoms with Crippen LogP contribution in [0.15, 0.2) is 12.1 Å². The molecule has 0 saturated heterocycles. The van der Waals surface area contributed by atoms with Crippen LogP contribution in [0.2, 0.25) is 0 Å². The van der Waals surface area contributed by atoms with Gasteiger partial charge in [0.15, 0.2) is 0 Å². The summed E-state index contributed by atoms with van der Waals surface area (Å²) >= 11 is 1.01. The van der Waals surface area contributed by atoms with Gasteiger partial charge < -0.3 is 10.4 Å². The molecule has 15 heavy (non-hydrogen) atoms. The number of carboxylic acids is 1. The third-order valence-corrected chi connectivity index (χ3v) is 3.53. The number of nitrogens with one attached hydrogen (secondary N) is 1. The van der Waals surface area contributed by atoms with E-state index >= 15 is 0 Å². The maximum atomic E-state index is 11.6. The van der Waals surface area contributed by atoms with Gasteiger partial charge in [0.25, 0.3) is 5.91 Å². The first-order chi connectivity index (χ1) is 7.00. The van der Waals surface area contributed by atoms with E-state index in [1.54, 1.807) is 6.07 Å². The highest BCUT2D eigenvalue weighted by Gasteiger charge is 2.39. The molecule has 0 atom stereocenters. The summed E-state index contributed by atoms with van der Waals surface area (Å²) in [5, 5.41) is 11.6. The zero-order valence-corrected chi connectivity index (χ0v) is 9.06. The lowest BCUT2D eigenvalue weighted by molar-refractivity contribution is 0.0702. The Morgan fingerprint density at radius 3 is 2.47 bits per heavy atom. The molecule has 5 heteroatoms. The lowest BCUT2D eigenvalue weighted by Gasteiger charge is -2.09. The Hall–Kier alpha value is -1.36. The second kappa shape index (κ2) is 3.34. The third kappa shape index (κ3) is 2.18. The van der Waals surface area contributed by atoms with Crippen LogP contribution in [0, 0.1) is 0 Å². The number of carbonyl (C=O) groups is 2. The Labute approximate surface area is 90.9 Å². The largest absolute Gasteiger partial charge is 0.477 e. The molecule has 2 N–H and O–H groups in total. The molecule has 1 aliphatic carbocycles. The van der Waals surface area contributed by atoms with E-state index in [1.165, 1.54) is 6.07 Å². The van der Waals surface area contributed by atoms with Crippen molar-refractivity contribution in [2.24, 2.45) is 0 Å². The summed E-state index contributed by atoms with van der Waals surface area (Å²) in [5.74, 6) is -1.16. The molecule has 80 valence electrons. The summed E-state index contributed by atoms with van der Waals surface area (Å²) in [4.78, 5) is 22.9. The summed E-state index contributed by atoms with van der Waals surface area (Å²) in [6, 6.07) is 3.01. The highest BCUT2D eigenvalue weighted by Crippen LogP contribution is 2.34. The molecule has 0 radical (unpaired) electrons. The molecular weight excluding hydrogens is 214 g/mol. The normalized spacial score (nSPS) is 17.1. The number of thiophene rings is 1. The van der Waals surface area contributed by atoms with Gasteiger partial charge in [-0.2, -0.15) is 0 Å². The minimum absolute atomic E-state index is 0.0650. The molecule has 1 aromatic heterocycles. The number of aromatic carboxylic acids is 1. The maximum absolute atomic E-state index is 11.6. The van der Waals surface area contributed by atoms with Gasteiger partial charge in [-0.3, -0.25) is 4.79 Å². The van der Waals surface area contributed by atoms with Crippen molar-refractivity contribution in [2.75, 3.05) is 0 Å². The standard InChI is InChI=1S/C10H11NO3S/c1-10(4-5-10)11-8(12)6-2-3-7(15-6)9(13)14/h2-3H,4-5H2,1H3,(H,11,12)(H,13,14). The van der Waals surface area contributed by atoms with Crippen molar-refractivity contribution in [2.45, 2.75) is 25.3 Å². The number of hydrogen-bond donors (Lipinski definition) is 2. The Bertz CT molecular complexity index is 420. The molecule has 0 aliphatic heterocycles. The van der Waals surface area contributed by atoms with Crippen LogP contribution in [0.3, 0.4) is 0 Å². The van der Waals surface area contributed by atoms with Crippen LogP contribution in [0.1, 0.15) is 39.1 Å². The zero-order chi connectivity index (χ0) is 11.1. The van der Waals surface area contributed by atoms with E-state index in [2.05, 4.69) is 5.32 Å². The maximum Gasteiger partial charge on any atom is 0.345 e. The predicted octanol–water partition coefficient (Wildman–Crippen LogP) is 1.73. The van der Waals surface area contributed by atoms with Gasteiger partial charge in [0.1, 0.15) is 4.88 Å². The molecule has 1 saturated carbocycles. The van der Waals surface area contributed by atoms with Gasteiger partial charge in [0, 0.05) is 5.54 Å². The molecule has 0 aromatic carbocycles. The Morgan fingerprint density at radius 2 is 2.00 bits per heavy atom. The minimum Gasteiger partial charge on any atom is -0.477 e. The number of carboxylic acid groups (broad SMARTS) is 1. The molecule has 0 bridgehead atoms. The van der Waals surface area contributed by atoms with Crippen LogP contribution < -0.4 is 5.32 Å². The minimum atomic E-state index is -0.989. The van der Waals surface area contributed by atoms with E-state index in [0.717, 1.165) is 24.2 Å². The zero-order valence-electron chi connectivity index (χ0n) is 8.24. The quantitative estimate of drug-likeness (QED) is 0.823. The van der Waals surface area contributed by atoms with Gasteiger partial charge in [-0.1, -0.05) is 0 Å². The van der Waals surface area contributed by atoms with Crippen LogP contribution in [-0.4, -0.2) is 22.5 Å². The van der Waals surface area contributed by atoms with Crippen molar-refractivity contribution in [1.82, 2.24) is 5.32 Å². The smallest absolute Gasteiger partial charge is 0.345 e. The van der Waals surface area contributed by atoms with Crippen LogP contribution in [0.5, 0.6) is 0 Å². The van der Waals surface area contributed by atoms with Gasteiger partial charge in [-0.05, 0) is 31.9 Å². The molecule has 2 rings (SSSR count). The third-order valence-electron chi connectivity index (χ3n) is 2.46. The number of hydrogen-bond acceptors (Lipinski definition) is 3. The van der Waals surface area contributed by atoms with Gasteiger partial charge in [0.05, 0.1) is 4.88 Å². The second-order valence-electron chi connectivity index (χ2n) is 3.98. The van der Waals surface area contributed by atoms with Crippen molar-refractivity contribution >= 4 is 23.2 Å². The molecule has 0 unspecified atom stereocenters. The van der Waals surface area contributed by atoms with Gasteiger partial charge in [-0.15, -0.1) is 11.3 Å². The second-order valence-corrected chi connectivity index (χ2v) is 5.07. The molecule has 4 nitrogen and oxygen atoms in total. The van der Waals surface area contributed by atoms with E-state index in [0.29, 0.717) is 4.88 Å². The fourth-order valence-electron chi connectivity index (χ4n) is 1.22. The van der Waals surface area contributed by atoms with E-state index in [1.807, 2.05) is 6.92 Å². The Morgan fingerprint density at radius 1 is 1.40 bits per heavy atom. The first kappa shape index (κ1) is 10.2. The highest BCUT2D eigenvalue weighted by atomic mass is 32.1. The molecule has 1 aliphatic rings. The van der Waals surface area contributed by atoms with Gasteiger partial charge in [-0.25, -0.2) is 4.79 Å². The molecule has 1 heterocycles. The van der Waals surface area contributed by atoms with Crippen molar-refractivity contribution in [1.29, 1.82) is 0 Å². The summed E-state index contributed by atoms with van der Waals surface area (Å²) in [6.45, 7) is 1.98. The van der Waals surface area contributed by atoms with E-state index in [9.17, 15) is 9.59 Å². The molecule has 1 amide bonds. The van der Waals surface area contributed by atoms with Crippen LogP contribution in [0.25, 0.3) is 0 Å². The SMILES string of the molecule is CC1(NC(=O)c2ccc(C(=O)O)s2)CC1. The predicted molar refractivity (Wildman–Crippen MR) is 56.4 cm³/mol. The lowest BCUT2D eigenvalue weighted by Crippen LogP contribution is -2.33. The van der Waals surface area contributed by atoms with Gasteiger partial charge >= 0.3 is 5.97 Å². The summed E-state index contributed by atoms with van der Waals surface area (Å²) in [6.07, 6.45) is 1.99. The average Bonchev–Trinajstić information content (AvgIpc) is 2.70. The van der Waals surface area contributed by atoms with E-state index < -0.39 is 5.97 Å². The fraction of sp³-hybridized carbons (Fsp3) is 0.400. The molecule has 1 aromatic rings. The summed E-state index contributed by atoms with van der Waals surface area (Å²) in [7, 11) is 0. The average molecular weight is 225 g/mol. The Balaban J connectivity index is 2.08. The number of carbonyl (C=O) groups excluding carboxylic acids is 1. The van der Waals surface area contributed by atoms with E-state index in [4.69, 9.17) is 5.11 Å². The van der Waals surface area contributed by atoms with Gasteiger partial charge in [0.2, 0.25) is 0 Å². The molecule has 0 spiro atoms. The highest BCUT2D eigenvalue weighted by molar-refractivity contribution is 7.15. The van der Waals surface area contributed by atoms with Crippen molar-refractivity contribution in [3.8, 4) is 0 Å². The lowest BCUT2D eigenvalue weighted by atomic mass is 10.3. The molecule has 1 fully saturated rings. The van der Waals surface area contributed by atoms with Crippen LogP contribution in [0.4, 0.5) is 0 Å². The summed E-state index contributed by atoms with van der Waals surface area (Å²) < 4.78 is 0. The van der Waals surface area contributed by atoms with Crippen LogP contribution in [-0.2, 0) is 0 Å². The molecular formula is C10H11NO3S. The topological polar surface area (TPSA) is 66.4 Å². The van der Waals surface area contributed by atoms with E-state index in [-0.39, 0.29) is 16.3 Å². The monoisotopic (exact) mass is 225 g/mol. The summed E-state index contributed by atoms with van der Waals surface area (Å²) in [5.41, 5.74) is -0.0650. The van der Waals surface area contributed by atoms with Crippen molar-refractivity contribution < 1.29 is 14.7 Å². The van der Waals surface area contributed by atoms with Crippen molar-refractivity contribution in [3.63, 3.8) is 0 Å². The number of amides is 1. The number of rotatable bonds is 3. The fourth-order valence-corrected chi connectivity index (χ4v) is 1.96. The van der Waals surface area contributed by atoms with Crippen molar-refractivity contribution in [3.05, 3.63) is 21.9 Å². The first-order valence-corrected chi connectivity index (χ1v) is 5.47.